The van der Waals surface area contributed by atoms with Crippen LogP contribution in [-0.2, 0) is 17.9 Å². The molecule has 0 radical (unpaired) electrons. The molecule has 0 saturated heterocycles. The van der Waals surface area contributed by atoms with Crippen LogP contribution in [0.3, 0.4) is 0 Å². The Balaban J connectivity index is 1.37. The topological polar surface area (TPSA) is 70.2 Å². The van der Waals surface area contributed by atoms with Crippen molar-refractivity contribution in [3.63, 3.8) is 0 Å². The number of aryl methyl sites for hydroxylation is 1. The predicted molar refractivity (Wildman–Crippen MR) is 117 cm³/mol. The highest BCUT2D eigenvalue weighted by atomic mass is 32.2. The molecule has 0 amide bonds. The minimum absolute atomic E-state index is 0.749. The van der Waals surface area contributed by atoms with Crippen LogP contribution in [0, 0.1) is 0 Å². The number of hydrogen-bond donors (Lipinski definition) is 2. The van der Waals surface area contributed by atoms with E-state index < -0.39 is 0 Å². The van der Waals surface area contributed by atoms with Gasteiger partial charge in [-0.05, 0) is 37.1 Å². The van der Waals surface area contributed by atoms with Gasteiger partial charge in [-0.3, -0.25) is 4.98 Å². The largest absolute Gasteiger partial charge is 0.336 e. The van der Waals surface area contributed by atoms with Crippen LogP contribution in [0.5, 0.6) is 0 Å². The Morgan fingerprint density at radius 1 is 1.04 bits per heavy atom. The molecule has 0 unspecified atom stereocenters. The summed E-state index contributed by atoms with van der Waals surface area (Å²) in [5, 5.41) is 3.43. The highest BCUT2D eigenvalue weighted by Crippen LogP contribution is 2.25. The zero-order chi connectivity index (χ0) is 19.3. The molecule has 142 valence electrons. The third kappa shape index (κ3) is 4.48. The average Bonchev–Trinajstić information content (AvgIpc) is 3.28. The van der Waals surface area contributed by atoms with Crippen molar-refractivity contribution < 1.29 is 0 Å². The van der Waals surface area contributed by atoms with E-state index in [2.05, 4.69) is 57.4 Å². The molecule has 1 aliphatic carbocycles. The number of thioether (sulfide) groups is 2. The first-order valence-electron chi connectivity index (χ1n) is 9.05. The first kappa shape index (κ1) is 18.8. The fourth-order valence-electron chi connectivity index (χ4n) is 2.91. The van der Waals surface area contributed by atoms with Gasteiger partial charge in [0.25, 0.3) is 0 Å². The van der Waals surface area contributed by atoms with Gasteiger partial charge in [0.1, 0.15) is 0 Å². The lowest BCUT2D eigenvalue weighted by atomic mass is 10.1. The molecule has 3 heterocycles. The molecule has 0 bridgehead atoms. The van der Waals surface area contributed by atoms with E-state index in [1.165, 1.54) is 5.69 Å². The van der Waals surface area contributed by atoms with Gasteiger partial charge < -0.3 is 9.97 Å². The summed E-state index contributed by atoms with van der Waals surface area (Å²) in [4.78, 5) is 20.6. The molecule has 4 rings (SSSR count). The second-order valence-corrected chi connectivity index (χ2v) is 8.28. The quantitative estimate of drug-likeness (QED) is 0.587. The van der Waals surface area contributed by atoms with Crippen LogP contribution >= 0.6 is 23.5 Å². The highest BCUT2D eigenvalue weighted by Gasteiger charge is 2.11. The first-order chi connectivity index (χ1) is 13.7. The summed E-state index contributed by atoms with van der Waals surface area (Å²) in [6.45, 7) is 7.67. The Kier molecular flexibility index (Phi) is 5.83. The lowest BCUT2D eigenvalue weighted by Crippen LogP contribution is -2.21. The summed E-state index contributed by atoms with van der Waals surface area (Å²) in [6.07, 6.45) is 9.96. The number of allylic oxidation sites excluding steroid dienone is 2. The van der Waals surface area contributed by atoms with Crippen molar-refractivity contribution in [3.8, 4) is 0 Å². The summed E-state index contributed by atoms with van der Waals surface area (Å²) in [6, 6.07) is 6.16. The molecule has 0 atom stereocenters. The van der Waals surface area contributed by atoms with E-state index in [9.17, 15) is 0 Å². The minimum Gasteiger partial charge on any atom is -0.336 e. The van der Waals surface area contributed by atoms with Gasteiger partial charge in [0.05, 0.1) is 27.8 Å². The first-order valence-corrected chi connectivity index (χ1v) is 11.0. The summed E-state index contributed by atoms with van der Waals surface area (Å²) in [5.74, 6) is 1.54. The van der Waals surface area contributed by atoms with Gasteiger partial charge in [-0.15, -0.1) is 0 Å². The number of hydrogen-bond acceptors (Lipinski definition) is 5. The number of nitrogens with one attached hydrogen (secondary N) is 2. The molecule has 0 saturated carbocycles. The molecule has 3 aromatic rings. The van der Waals surface area contributed by atoms with E-state index >= 15 is 0 Å². The van der Waals surface area contributed by atoms with Crippen LogP contribution in [-0.4, -0.2) is 24.9 Å². The molecule has 1 aliphatic rings. The molecule has 3 aromatic heterocycles. The van der Waals surface area contributed by atoms with Crippen LogP contribution in [0.1, 0.15) is 29.2 Å². The standard InChI is InChI=1S/C21H21N5S2/c1-3-7-17-14(2)22-20(24-17)27-12-15-8-6-9-16(23-15)13-28-21-25-18-10-4-5-11-19(18)26-21/h3-4,6-10H,1-2,5,11-13H2,(H,22,24)(H,25,26)/b17-7+. The fourth-order valence-corrected chi connectivity index (χ4v) is 4.52. The number of pyridine rings is 1. The summed E-state index contributed by atoms with van der Waals surface area (Å²) in [5.41, 5.74) is 4.38. The molecule has 0 aliphatic heterocycles. The van der Waals surface area contributed by atoms with Crippen molar-refractivity contribution in [1.29, 1.82) is 0 Å². The van der Waals surface area contributed by atoms with Crippen molar-refractivity contribution in [2.45, 2.75) is 34.7 Å². The van der Waals surface area contributed by atoms with Gasteiger partial charge in [-0.1, -0.05) is 54.9 Å². The smallest absolute Gasteiger partial charge is 0.166 e. The Morgan fingerprint density at radius 3 is 2.50 bits per heavy atom. The molecular formula is C21H21N5S2. The van der Waals surface area contributed by atoms with E-state index in [-0.39, 0.29) is 0 Å². The molecule has 0 aromatic carbocycles. The van der Waals surface area contributed by atoms with Crippen LogP contribution in [0.2, 0.25) is 0 Å². The second kappa shape index (κ2) is 8.67. The van der Waals surface area contributed by atoms with Crippen molar-refractivity contribution in [2.75, 3.05) is 0 Å². The molecular weight excluding hydrogens is 386 g/mol. The van der Waals surface area contributed by atoms with Crippen molar-refractivity contribution in [1.82, 2.24) is 24.9 Å². The number of rotatable bonds is 7. The minimum atomic E-state index is 0.749. The summed E-state index contributed by atoms with van der Waals surface area (Å²) < 4.78 is 0. The second-order valence-electron chi connectivity index (χ2n) is 6.35. The SMILES string of the molecule is C=C/C=c1/nc(SCc2cccc(CSc3nc4c([nH]3)CCC=C4)n2)[nH]c1=C. The zero-order valence-electron chi connectivity index (χ0n) is 15.4. The number of imidazole rings is 2. The number of H-pyrrole nitrogens is 2. The Morgan fingerprint density at radius 2 is 1.79 bits per heavy atom. The average molecular weight is 408 g/mol. The Bertz CT molecular complexity index is 1130. The van der Waals surface area contributed by atoms with Crippen LogP contribution in [0.4, 0.5) is 0 Å². The van der Waals surface area contributed by atoms with Crippen molar-refractivity contribution >= 4 is 42.3 Å². The van der Waals surface area contributed by atoms with Gasteiger partial charge in [-0.25, -0.2) is 9.97 Å². The molecule has 0 fully saturated rings. The van der Waals surface area contributed by atoms with Crippen LogP contribution < -0.4 is 10.7 Å². The molecule has 0 spiro atoms. The number of nitrogens with zero attached hydrogens (tertiary/aromatic N) is 3. The lowest BCUT2D eigenvalue weighted by molar-refractivity contribution is 0.925. The Hall–Kier alpha value is -2.51. The van der Waals surface area contributed by atoms with E-state index in [4.69, 9.17) is 4.98 Å². The third-order valence-electron chi connectivity index (χ3n) is 4.27. The third-order valence-corrected chi connectivity index (χ3v) is 6.08. The maximum Gasteiger partial charge on any atom is 0.166 e. The van der Waals surface area contributed by atoms with Gasteiger partial charge >= 0.3 is 0 Å². The fraction of sp³-hybridized carbons (Fsp3) is 0.190. The monoisotopic (exact) mass is 407 g/mol. The molecule has 28 heavy (non-hydrogen) atoms. The normalized spacial score (nSPS) is 13.6. The van der Waals surface area contributed by atoms with E-state index in [0.29, 0.717) is 0 Å². The van der Waals surface area contributed by atoms with Gasteiger partial charge in [0.15, 0.2) is 10.3 Å². The van der Waals surface area contributed by atoms with Gasteiger partial charge in [-0.2, -0.15) is 0 Å². The molecule has 7 heteroatoms. The summed E-state index contributed by atoms with van der Waals surface area (Å²) in [7, 11) is 0. The highest BCUT2D eigenvalue weighted by molar-refractivity contribution is 7.98. The van der Waals surface area contributed by atoms with Gasteiger partial charge in [0.2, 0.25) is 0 Å². The lowest BCUT2D eigenvalue weighted by Gasteiger charge is -2.03. The Labute approximate surface area is 172 Å². The molecule has 5 nitrogen and oxygen atoms in total. The van der Waals surface area contributed by atoms with E-state index in [0.717, 1.165) is 62.4 Å². The van der Waals surface area contributed by atoms with E-state index in [1.807, 2.05) is 12.1 Å². The summed E-state index contributed by atoms with van der Waals surface area (Å²) >= 11 is 3.31. The molecule has 2 N–H and O–H groups in total. The maximum absolute atomic E-state index is 4.77. The predicted octanol–water partition coefficient (Wildman–Crippen LogP) is 3.45. The van der Waals surface area contributed by atoms with Gasteiger partial charge in [0, 0.05) is 17.2 Å². The number of aromatic nitrogens is 5. The van der Waals surface area contributed by atoms with Crippen LogP contribution in [0.25, 0.3) is 18.7 Å². The van der Waals surface area contributed by atoms with E-state index in [1.54, 1.807) is 29.6 Å². The van der Waals surface area contributed by atoms with Crippen LogP contribution in [0.15, 0.2) is 47.2 Å². The number of fused-ring (bicyclic) bond motifs is 1. The van der Waals surface area contributed by atoms with Crippen molar-refractivity contribution in [3.05, 3.63) is 70.4 Å². The number of aromatic amines is 2. The van der Waals surface area contributed by atoms with Crippen molar-refractivity contribution in [2.24, 2.45) is 0 Å². The zero-order valence-corrected chi connectivity index (χ0v) is 17.1. The maximum atomic E-state index is 4.77.